The van der Waals surface area contributed by atoms with Crippen molar-refractivity contribution in [3.05, 3.63) is 52.1 Å². The second-order valence-electron chi connectivity index (χ2n) is 8.41. The summed E-state index contributed by atoms with van der Waals surface area (Å²) in [6, 6.07) is 4.82. The van der Waals surface area contributed by atoms with Crippen molar-refractivity contribution in [3.8, 4) is 5.75 Å². The number of nitrogens with one attached hydrogen (secondary N) is 1. The van der Waals surface area contributed by atoms with Gasteiger partial charge in [0.05, 0.1) is 18.5 Å². The zero-order valence-corrected chi connectivity index (χ0v) is 20.2. The average molecular weight is 500 g/mol. The van der Waals surface area contributed by atoms with E-state index >= 15 is 0 Å². The molecule has 0 atom stereocenters. The number of phenolic OH excluding ortho intramolecular Hbond substituents is 1. The number of phenols is 1. The zero-order chi connectivity index (χ0) is 23.5. The first kappa shape index (κ1) is 23.0. The predicted octanol–water partition coefficient (Wildman–Crippen LogP) is 3.96. The van der Waals surface area contributed by atoms with Gasteiger partial charge >= 0.3 is 0 Å². The Balaban J connectivity index is 1.30. The first-order chi connectivity index (χ1) is 16.6. The predicted molar refractivity (Wildman–Crippen MR) is 134 cm³/mol. The van der Waals surface area contributed by atoms with E-state index in [9.17, 15) is 9.90 Å². The van der Waals surface area contributed by atoms with Gasteiger partial charge in [0.15, 0.2) is 0 Å². The summed E-state index contributed by atoms with van der Waals surface area (Å²) in [6.45, 7) is 5.44. The Kier molecular flexibility index (Phi) is 6.96. The molecule has 3 aromatic rings. The van der Waals surface area contributed by atoms with Crippen LogP contribution in [0.25, 0.3) is 10.2 Å². The average Bonchev–Trinajstić information content (AvgIpc) is 2.98. The van der Waals surface area contributed by atoms with Gasteiger partial charge in [-0.05, 0) is 30.5 Å². The summed E-state index contributed by atoms with van der Waals surface area (Å²) in [5.41, 5.74) is 1.82. The first-order valence-corrected chi connectivity index (χ1v) is 12.5. The Hall–Kier alpha value is -2.72. The maximum absolute atomic E-state index is 12.8. The number of anilines is 2. The summed E-state index contributed by atoms with van der Waals surface area (Å²) < 4.78 is 5.49. The van der Waals surface area contributed by atoms with E-state index in [2.05, 4.69) is 20.2 Å². The smallest absolute Gasteiger partial charge is 0.246 e. The number of aromatic nitrogens is 2. The zero-order valence-electron chi connectivity index (χ0n) is 18.7. The topological polar surface area (TPSA) is 90.8 Å². The van der Waals surface area contributed by atoms with E-state index in [0.29, 0.717) is 29.6 Å². The second-order valence-corrected chi connectivity index (χ2v) is 9.93. The van der Waals surface area contributed by atoms with Crippen LogP contribution >= 0.6 is 22.9 Å². The summed E-state index contributed by atoms with van der Waals surface area (Å²) in [7, 11) is 0. The number of thiophene rings is 1. The lowest BCUT2D eigenvalue weighted by atomic mass is 10.0. The van der Waals surface area contributed by atoms with Crippen LogP contribution in [0.15, 0.2) is 36.7 Å². The van der Waals surface area contributed by atoms with Gasteiger partial charge in [-0.1, -0.05) is 17.7 Å². The molecule has 0 radical (unpaired) electrons. The number of benzene rings is 1. The third kappa shape index (κ3) is 5.17. The molecule has 1 amide bonds. The van der Waals surface area contributed by atoms with E-state index in [1.165, 1.54) is 18.0 Å². The molecular formula is C24H26ClN5O3S. The lowest BCUT2D eigenvalue weighted by Crippen LogP contribution is -2.34. The van der Waals surface area contributed by atoms with Crippen LogP contribution in [0.5, 0.6) is 5.75 Å². The molecule has 0 aliphatic carbocycles. The molecule has 0 bridgehead atoms. The van der Waals surface area contributed by atoms with Crippen LogP contribution in [0, 0.1) is 0 Å². The normalized spacial score (nSPS) is 17.1. The highest BCUT2D eigenvalue weighted by molar-refractivity contribution is 7.19. The molecule has 5 rings (SSSR count). The molecule has 1 saturated heterocycles. The van der Waals surface area contributed by atoms with Crippen molar-refractivity contribution < 1.29 is 14.6 Å². The molecule has 34 heavy (non-hydrogen) atoms. The van der Waals surface area contributed by atoms with Gasteiger partial charge in [0.2, 0.25) is 5.91 Å². The number of halogens is 1. The van der Waals surface area contributed by atoms with E-state index in [1.807, 2.05) is 11.0 Å². The van der Waals surface area contributed by atoms with Crippen molar-refractivity contribution >= 4 is 50.6 Å². The van der Waals surface area contributed by atoms with Crippen molar-refractivity contribution in [1.29, 1.82) is 0 Å². The maximum Gasteiger partial charge on any atom is 0.246 e. The van der Waals surface area contributed by atoms with E-state index in [4.69, 9.17) is 16.3 Å². The molecule has 4 heterocycles. The number of amides is 1. The number of rotatable bonds is 5. The molecule has 1 fully saturated rings. The molecule has 2 N–H and O–H groups in total. The molecule has 2 aliphatic heterocycles. The Morgan fingerprint density at radius 2 is 2.15 bits per heavy atom. The van der Waals surface area contributed by atoms with Crippen LogP contribution < -0.4 is 5.32 Å². The minimum Gasteiger partial charge on any atom is -0.508 e. The number of carbonyl (C=O) groups excluding carboxylic acids is 1. The van der Waals surface area contributed by atoms with Gasteiger partial charge < -0.3 is 20.1 Å². The Labute approximate surface area is 206 Å². The van der Waals surface area contributed by atoms with Gasteiger partial charge in [0, 0.05) is 60.5 Å². The van der Waals surface area contributed by atoms with Crippen LogP contribution in [0.4, 0.5) is 11.5 Å². The summed E-state index contributed by atoms with van der Waals surface area (Å²) in [5, 5.41) is 14.5. The van der Waals surface area contributed by atoms with Crippen LogP contribution in [0.3, 0.4) is 0 Å². The molecule has 0 spiro atoms. The minimum atomic E-state index is 0.0352. The van der Waals surface area contributed by atoms with Gasteiger partial charge in [-0.15, -0.1) is 11.3 Å². The third-order valence-corrected chi connectivity index (χ3v) is 7.38. The van der Waals surface area contributed by atoms with Crippen molar-refractivity contribution in [1.82, 2.24) is 19.8 Å². The van der Waals surface area contributed by atoms with Crippen molar-refractivity contribution in [2.24, 2.45) is 0 Å². The fraction of sp³-hybridized carbons (Fsp3) is 0.375. The number of carbonyl (C=O) groups is 1. The standard InChI is InChI=1S/C24H26ClN5O3S/c25-16-11-17(13-18(31)12-16)28-23-22-19-4-7-30(14-20(19)34-24(22)27-15-26-23)21(32)3-1-5-29-6-2-9-33-10-8-29/h1,3,11-13,15,31H,2,4-10,14H2,(H,26,27,28)/b3-1+. The highest BCUT2D eigenvalue weighted by Crippen LogP contribution is 2.38. The molecule has 2 aromatic heterocycles. The first-order valence-electron chi connectivity index (χ1n) is 11.3. The summed E-state index contributed by atoms with van der Waals surface area (Å²) in [5.74, 6) is 0.789. The van der Waals surface area contributed by atoms with Gasteiger partial charge in [-0.25, -0.2) is 9.97 Å². The third-order valence-electron chi connectivity index (χ3n) is 6.03. The minimum absolute atomic E-state index is 0.0352. The Bertz CT molecular complexity index is 1200. The van der Waals surface area contributed by atoms with E-state index < -0.39 is 0 Å². The van der Waals surface area contributed by atoms with Gasteiger partial charge in [0.25, 0.3) is 0 Å². The van der Waals surface area contributed by atoms with Crippen molar-refractivity contribution in [2.45, 2.75) is 19.4 Å². The number of nitrogens with zero attached hydrogens (tertiary/aromatic N) is 4. The molecular weight excluding hydrogens is 474 g/mol. The number of hydrogen-bond donors (Lipinski definition) is 2. The van der Waals surface area contributed by atoms with E-state index in [-0.39, 0.29) is 11.7 Å². The molecule has 0 saturated carbocycles. The molecule has 1 aromatic carbocycles. The summed E-state index contributed by atoms with van der Waals surface area (Å²) in [6.07, 6.45) is 6.95. The number of ether oxygens (including phenoxy) is 1. The van der Waals surface area contributed by atoms with Crippen LogP contribution in [-0.2, 0) is 22.5 Å². The van der Waals surface area contributed by atoms with Crippen molar-refractivity contribution in [2.75, 3.05) is 44.7 Å². The van der Waals surface area contributed by atoms with E-state index in [1.54, 1.807) is 29.5 Å². The van der Waals surface area contributed by atoms with Crippen LogP contribution in [-0.4, -0.2) is 70.2 Å². The monoisotopic (exact) mass is 499 g/mol. The van der Waals surface area contributed by atoms with Crippen LogP contribution in [0.1, 0.15) is 16.9 Å². The fourth-order valence-electron chi connectivity index (χ4n) is 4.38. The van der Waals surface area contributed by atoms with Gasteiger partial charge in [0.1, 0.15) is 22.7 Å². The lowest BCUT2D eigenvalue weighted by Gasteiger charge is -2.26. The summed E-state index contributed by atoms with van der Waals surface area (Å²) in [4.78, 5) is 27.9. The molecule has 10 heteroatoms. The van der Waals surface area contributed by atoms with Crippen LogP contribution in [0.2, 0.25) is 5.02 Å². The second kappa shape index (κ2) is 10.3. The molecule has 0 unspecified atom stereocenters. The van der Waals surface area contributed by atoms with Gasteiger partial charge in [-0.2, -0.15) is 0 Å². The Morgan fingerprint density at radius 1 is 1.24 bits per heavy atom. The van der Waals surface area contributed by atoms with E-state index in [0.717, 1.165) is 60.8 Å². The molecule has 2 aliphatic rings. The molecule has 8 nitrogen and oxygen atoms in total. The fourth-order valence-corrected chi connectivity index (χ4v) is 5.81. The quantitative estimate of drug-likeness (QED) is 0.513. The Morgan fingerprint density at radius 3 is 3.03 bits per heavy atom. The molecule has 178 valence electrons. The highest BCUT2D eigenvalue weighted by Gasteiger charge is 2.25. The van der Waals surface area contributed by atoms with Gasteiger partial charge in [-0.3, -0.25) is 9.69 Å². The number of hydrogen-bond acceptors (Lipinski definition) is 8. The maximum atomic E-state index is 12.8. The summed E-state index contributed by atoms with van der Waals surface area (Å²) >= 11 is 7.67. The number of aromatic hydroxyl groups is 1. The largest absolute Gasteiger partial charge is 0.508 e. The van der Waals surface area contributed by atoms with Crippen molar-refractivity contribution in [3.63, 3.8) is 0 Å². The lowest BCUT2D eigenvalue weighted by molar-refractivity contribution is -0.126. The highest BCUT2D eigenvalue weighted by atomic mass is 35.5. The number of fused-ring (bicyclic) bond motifs is 3. The SMILES string of the molecule is O=C(/C=C/CN1CCCOCC1)N1CCc2c(sc3ncnc(Nc4cc(O)cc(Cl)c4)c23)C1.